The van der Waals surface area contributed by atoms with Crippen LogP contribution in [0.15, 0.2) is 24.3 Å². The highest BCUT2D eigenvalue weighted by Crippen LogP contribution is 2.18. The van der Waals surface area contributed by atoms with Crippen LogP contribution in [0.25, 0.3) is 0 Å². The summed E-state index contributed by atoms with van der Waals surface area (Å²) in [4.78, 5) is 11.7. The van der Waals surface area contributed by atoms with Gasteiger partial charge in [0, 0.05) is 12.6 Å². The van der Waals surface area contributed by atoms with Crippen LogP contribution in [0.4, 0.5) is 0 Å². The minimum absolute atomic E-state index is 0.121. The first-order chi connectivity index (χ1) is 8.75. The predicted molar refractivity (Wildman–Crippen MR) is 73.5 cm³/mol. The molecule has 0 unspecified atom stereocenters. The summed E-state index contributed by atoms with van der Waals surface area (Å²) >= 11 is 0. The van der Waals surface area contributed by atoms with Gasteiger partial charge in [0.05, 0.1) is 6.42 Å². The van der Waals surface area contributed by atoms with E-state index in [9.17, 15) is 4.79 Å². The van der Waals surface area contributed by atoms with Crippen molar-refractivity contribution in [1.29, 1.82) is 0 Å². The van der Waals surface area contributed by atoms with Crippen LogP contribution < -0.4 is 10.6 Å². The van der Waals surface area contributed by atoms with Gasteiger partial charge in [-0.15, -0.1) is 0 Å². The van der Waals surface area contributed by atoms with Crippen LogP contribution in [0, 0.1) is 6.92 Å². The summed E-state index contributed by atoms with van der Waals surface area (Å²) in [5.41, 5.74) is 2.30. The fourth-order valence-corrected chi connectivity index (χ4v) is 1.95. The van der Waals surface area contributed by atoms with Gasteiger partial charge in [0.25, 0.3) is 0 Å². The van der Waals surface area contributed by atoms with Crippen LogP contribution in [-0.4, -0.2) is 25.0 Å². The molecule has 0 spiro atoms. The average Bonchev–Trinajstić information content (AvgIpc) is 3.16. The molecule has 0 radical (unpaired) electrons. The number of amides is 1. The number of rotatable bonds is 7. The van der Waals surface area contributed by atoms with Gasteiger partial charge in [-0.05, 0) is 43.9 Å². The van der Waals surface area contributed by atoms with Crippen molar-refractivity contribution in [2.24, 2.45) is 0 Å². The number of aryl methyl sites for hydroxylation is 1. The van der Waals surface area contributed by atoms with Crippen molar-refractivity contribution in [3.05, 3.63) is 35.4 Å². The molecule has 0 aliphatic heterocycles. The predicted octanol–water partition coefficient (Wildman–Crippen LogP) is 1.80. The first-order valence-electron chi connectivity index (χ1n) is 6.80. The van der Waals surface area contributed by atoms with E-state index in [0.717, 1.165) is 31.1 Å². The molecule has 1 aliphatic carbocycles. The molecule has 2 N–H and O–H groups in total. The van der Waals surface area contributed by atoms with Gasteiger partial charge in [-0.3, -0.25) is 4.79 Å². The van der Waals surface area contributed by atoms with E-state index in [1.165, 1.54) is 18.4 Å². The Morgan fingerprint density at radius 1 is 1.28 bits per heavy atom. The Hall–Kier alpha value is -1.35. The highest BCUT2D eigenvalue weighted by molar-refractivity contribution is 5.78. The van der Waals surface area contributed by atoms with Crippen molar-refractivity contribution in [2.45, 2.75) is 38.6 Å². The number of hydrogen-bond donors (Lipinski definition) is 2. The largest absolute Gasteiger partial charge is 0.356 e. The summed E-state index contributed by atoms with van der Waals surface area (Å²) in [5, 5.41) is 6.41. The Bertz CT molecular complexity index is 399. The van der Waals surface area contributed by atoms with E-state index in [-0.39, 0.29) is 5.91 Å². The van der Waals surface area contributed by atoms with Crippen LogP contribution in [0.5, 0.6) is 0 Å². The Morgan fingerprint density at radius 3 is 2.78 bits per heavy atom. The molecule has 0 saturated heterocycles. The fourth-order valence-electron chi connectivity index (χ4n) is 1.95. The Kier molecular flexibility index (Phi) is 4.76. The first kappa shape index (κ1) is 13.1. The van der Waals surface area contributed by atoms with E-state index >= 15 is 0 Å². The third-order valence-electron chi connectivity index (χ3n) is 3.30. The molecule has 3 heteroatoms. The van der Waals surface area contributed by atoms with E-state index in [1.54, 1.807) is 0 Å². The van der Waals surface area contributed by atoms with E-state index in [0.29, 0.717) is 6.42 Å². The molecule has 0 atom stereocenters. The zero-order valence-corrected chi connectivity index (χ0v) is 11.0. The summed E-state index contributed by atoms with van der Waals surface area (Å²) in [7, 11) is 0. The van der Waals surface area contributed by atoms with Crippen LogP contribution in [0.1, 0.15) is 30.4 Å². The Labute approximate surface area is 109 Å². The summed E-state index contributed by atoms with van der Waals surface area (Å²) in [6.07, 6.45) is 4.14. The quantitative estimate of drug-likeness (QED) is 0.720. The fraction of sp³-hybridized carbons (Fsp3) is 0.533. The van der Waals surface area contributed by atoms with Crippen molar-refractivity contribution < 1.29 is 4.79 Å². The molecule has 98 valence electrons. The smallest absolute Gasteiger partial charge is 0.224 e. The second kappa shape index (κ2) is 6.55. The molecular formula is C15H22N2O. The summed E-state index contributed by atoms with van der Waals surface area (Å²) in [6, 6.07) is 8.80. The van der Waals surface area contributed by atoms with Crippen molar-refractivity contribution in [1.82, 2.24) is 10.6 Å². The van der Waals surface area contributed by atoms with Crippen LogP contribution in [0.2, 0.25) is 0 Å². The maximum absolute atomic E-state index is 11.7. The van der Waals surface area contributed by atoms with Crippen molar-refractivity contribution >= 4 is 5.91 Å². The molecule has 3 nitrogen and oxygen atoms in total. The van der Waals surface area contributed by atoms with Crippen molar-refractivity contribution in [3.63, 3.8) is 0 Å². The normalized spacial score (nSPS) is 14.5. The van der Waals surface area contributed by atoms with Gasteiger partial charge in [0.2, 0.25) is 5.91 Å². The molecule has 1 aromatic carbocycles. The molecule has 1 saturated carbocycles. The Balaban J connectivity index is 1.60. The second-order valence-electron chi connectivity index (χ2n) is 5.04. The highest BCUT2D eigenvalue weighted by Gasteiger charge is 2.19. The van der Waals surface area contributed by atoms with Gasteiger partial charge in [0.1, 0.15) is 0 Å². The molecule has 0 heterocycles. The number of carbonyl (C=O) groups is 1. The lowest BCUT2D eigenvalue weighted by molar-refractivity contribution is -0.120. The SMILES string of the molecule is Cc1ccccc1CC(=O)NCCCNC1CC1. The second-order valence-corrected chi connectivity index (χ2v) is 5.04. The van der Waals surface area contributed by atoms with Crippen LogP contribution in [-0.2, 0) is 11.2 Å². The third-order valence-corrected chi connectivity index (χ3v) is 3.30. The lowest BCUT2D eigenvalue weighted by atomic mass is 10.1. The summed E-state index contributed by atoms with van der Waals surface area (Å²) in [6.45, 7) is 3.82. The molecule has 1 aliphatic rings. The highest BCUT2D eigenvalue weighted by atomic mass is 16.1. The maximum atomic E-state index is 11.7. The molecule has 1 amide bonds. The van der Waals surface area contributed by atoms with Gasteiger partial charge in [-0.25, -0.2) is 0 Å². The molecular weight excluding hydrogens is 224 g/mol. The third kappa shape index (κ3) is 4.49. The van der Waals surface area contributed by atoms with E-state index in [1.807, 2.05) is 31.2 Å². The lowest BCUT2D eigenvalue weighted by Crippen LogP contribution is -2.29. The molecule has 18 heavy (non-hydrogen) atoms. The van der Waals surface area contributed by atoms with E-state index < -0.39 is 0 Å². The average molecular weight is 246 g/mol. The maximum Gasteiger partial charge on any atom is 0.224 e. The van der Waals surface area contributed by atoms with E-state index in [2.05, 4.69) is 10.6 Å². The zero-order valence-electron chi connectivity index (χ0n) is 11.0. The van der Waals surface area contributed by atoms with E-state index in [4.69, 9.17) is 0 Å². The molecule has 1 aromatic rings. The first-order valence-corrected chi connectivity index (χ1v) is 6.80. The number of hydrogen-bond acceptors (Lipinski definition) is 2. The van der Waals surface area contributed by atoms with Gasteiger partial charge in [-0.1, -0.05) is 24.3 Å². The van der Waals surface area contributed by atoms with Crippen molar-refractivity contribution in [3.8, 4) is 0 Å². The lowest BCUT2D eigenvalue weighted by Gasteiger charge is -2.07. The minimum Gasteiger partial charge on any atom is -0.356 e. The standard InChI is InChI=1S/C15H22N2O/c1-12-5-2-3-6-13(12)11-15(18)17-10-4-9-16-14-7-8-14/h2-3,5-6,14,16H,4,7-11H2,1H3,(H,17,18). The van der Waals surface area contributed by atoms with Gasteiger partial charge in [0.15, 0.2) is 0 Å². The van der Waals surface area contributed by atoms with Crippen LogP contribution in [0.3, 0.4) is 0 Å². The number of nitrogens with one attached hydrogen (secondary N) is 2. The Morgan fingerprint density at radius 2 is 2.06 bits per heavy atom. The molecule has 0 aromatic heterocycles. The molecule has 1 fully saturated rings. The van der Waals surface area contributed by atoms with Gasteiger partial charge >= 0.3 is 0 Å². The van der Waals surface area contributed by atoms with Crippen molar-refractivity contribution in [2.75, 3.05) is 13.1 Å². The summed E-state index contributed by atoms with van der Waals surface area (Å²) < 4.78 is 0. The minimum atomic E-state index is 0.121. The van der Waals surface area contributed by atoms with Gasteiger partial charge < -0.3 is 10.6 Å². The van der Waals surface area contributed by atoms with Gasteiger partial charge in [-0.2, -0.15) is 0 Å². The molecule has 0 bridgehead atoms. The van der Waals surface area contributed by atoms with Crippen LogP contribution >= 0.6 is 0 Å². The number of benzene rings is 1. The topological polar surface area (TPSA) is 41.1 Å². The zero-order chi connectivity index (χ0) is 12.8. The molecule has 2 rings (SSSR count). The summed E-state index contributed by atoms with van der Waals surface area (Å²) in [5.74, 6) is 0.121. The number of carbonyl (C=O) groups excluding carboxylic acids is 1. The monoisotopic (exact) mass is 246 g/mol.